The lowest BCUT2D eigenvalue weighted by Gasteiger charge is -2.34. The van der Waals surface area contributed by atoms with E-state index < -0.39 is 0 Å². The van der Waals surface area contributed by atoms with Crippen molar-refractivity contribution in [3.8, 4) is 11.5 Å². The highest BCUT2D eigenvalue weighted by Gasteiger charge is 2.23. The summed E-state index contributed by atoms with van der Waals surface area (Å²) in [5, 5.41) is 8.56. The van der Waals surface area contributed by atoms with Gasteiger partial charge in [0.25, 0.3) is 5.22 Å². The Hall–Kier alpha value is -2.49. The Morgan fingerprint density at radius 2 is 1.81 bits per heavy atom. The Labute approximate surface area is 187 Å². The fourth-order valence-corrected chi connectivity index (χ4v) is 4.14. The molecule has 0 N–H and O–H groups in total. The van der Waals surface area contributed by atoms with Crippen molar-refractivity contribution in [1.82, 2.24) is 20.0 Å². The number of nitrogens with zero attached hydrogens (tertiary/aromatic N) is 4. The van der Waals surface area contributed by atoms with Crippen LogP contribution in [-0.4, -0.2) is 57.8 Å². The number of amides is 1. The van der Waals surface area contributed by atoms with Crippen LogP contribution in [0.3, 0.4) is 0 Å². The minimum absolute atomic E-state index is 0.0323. The number of rotatable bonds is 6. The lowest BCUT2D eigenvalue weighted by atomic mass is 10.2. The third kappa shape index (κ3) is 5.41. The van der Waals surface area contributed by atoms with Gasteiger partial charge in [-0.15, -0.1) is 10.2 Å². The molecule has 1 aliphatic heterocycles. The maximum atomic E-state index is 14.0. The zero-order chi connectivity index (χ0) is 21.8. The maximum Gasteiger partial charge on any atom is 0.277 e. The molecule has 2 aromatic carbocycles. The van der Waals surface area contributed by atoms with Crippen LogP contribution < -0.4 is 0 Å². The smallest absolute Gasteiger partial charge is 0.277 e. The van der Waals surface area contributed by atoms with Crippen LogP contribution in [0.25, 0.3) is 11.5 Å². The van der Waals surface area contributed by atoms with Gasteiger partial charge < -0.3 is 9.32 Å². The van der Waals surface area contributed by atoms with Crippen molar-refractivity contribution < 1.29 is 18.0 Å². The molecular weight excluding hydrogens is 446 g/mol. The summed E-state index contributed by atoms with van der Waals surface area (Å²) in [7, 11) is 0. The van der Waals surface area contributed by atoms with E-state index in [4.69, 9.17) is 16.0 Å². The van der Waals surface area contributed by atoms with E-state index in [2.05, 4.69) is 15.1 Å². The molecule has 162 valence electrons. The van der Waals surface area contributed by atoms with E-state index in [0.29, 0.717) is 48.9 Å². The van der Waals surface area contributed by atoms with Crippen molar-refractivity contribution >= 4 is 29.3 Å². The molecule has 0 bridgehead atoms. The molecular formula is C21H19ClF2N4O2S. The van der Waals surface area contributed by atoms with Crippen molar-refractivity contribution in [3.63, 3.8) is 0 Å². The first-order chi connectivity index (χ1) is 15.0. The van der Waals surface area contributed by atoms with E-state index in [-0.39, 0.29) is 34.4 Å². The molecule has 1 saturated heterocycles. The zero-order valence-electron chi connectivity index (χ0n) is 16.4. The van der Waals surface area contributed by atoms with Gasteiger partial charge in [-0.2, -0.15) is 0 Å². The third-order valence-corrected chi connectivity index (χ3v) is 6.14. The topological polar surface area (TPSA) is 62.5 Å². The van der Waals surface area contributed by atoms with Crippen molar-refractivity contribution in [3.05, 3.63) is 64.7 Å². The van der Waals surface area contributed by atoms with E-state index in [1.807, 2.05) is 0 Å². The van der Waals surface area contributed by atoms with Crippen LogP contribution in [0.5, 0.6) is 0 Å². The fraction of sp³-hybridized carbons (Fsp3) is 0.286. The first kappa shape index (κ1) is 21.7. The second-order valence-corrected chi connectivity index (χ2v) is 8.36. The standard InChI is InChI=1S/C21H19ClF2N4O2S/c22-17-2-1-3-18(24)16(17)12-27-8-10-28(11-9-27)19(29)13-31-21-26-25-20(30-21)14-4-6-15(23)7-5-14/h1-7H,8-13H2. The SMILES string of the molecule is O=C(CSc1nnc(-c2ccc(F)cc2)o1)N1CCN(Cc2c(F)cccc2Cl)CC1. The number of carbonyl (C=O) groups is 1. The third-order valence-electron chi connectivity index (χ3n) is 4.99. The molecule has 1 amide bonds. The second kappa shape index (κ2) is 9.76. The molecule has 10 heteroatoms. The number of thioether (sulfide) groups is 1. The molecule has 6 nitrogen and oxygen atoms in total. The maximum absolute atomic E-state index is 14.0. The molecule has 0 unspecified atom stereocenters. The van der Waals surface area contributed by atoms with E-state index in [1.54, 1.807) is 29.2 Å². The first-order valence-electron chi connectivity index (χ1n) is 9.65. The van der Waals surface area contributed by atoms with Crippen LogP contribution in [-0.2, 0) is 11.3 Å². The van der Waals surface area contributed by atoms with E-state index in [9.17, 15) is 13.6 Å². The van der Waals surface area contributed by atoms with Crippen molar-refractivity contribution in [1.29, 1.82) is 0 Å². The number of benzene rings is 2. The summed E-state index contributed by atoms with van der Waals surface area (Å²) in [4.78, 5) is 16.4. The van der Waals surface area contributed by atoms with Crippen LogP contribution in [0, 0.1) is 11.6 Å². The molecule has 1 aliphatic rings. The molecule has 1 aromatic heterocycles. The summed E-state index contributed by atoms with van der Waals surface area (Å²) in [5.74, 6) is -0.252. The Morgan fingerprint density at radius 3 is 2.52 bits per heavy atom. The number of carbonyl (C=O) groups excluding carboxylic acids is 1. The van der Waals surface area contributed by atoms with Gasteiger partial charge in [-0.05, 0) is 36.4 Å². The first-order valence-corrected chi connectivity index (χ1v) is 11.0. The summed E-state index contributed by atoms with van der Waals surface area (Å²) >= 11 is 7.27. The van der Waals surface area contributed by atoms with Gasteiger partial charge in [-0.25, -0.2) is 8.78 Å². The predicted octanol–water partition coefficient (Wildman–Crippen LogP) is 4.10. The molecule has 0 aliphatic carbocycles. The quantitative estimate of drug-likeness (QED) is 0.512. The van der Waals surface area contributed by atoms with Gasteiger partial charge in [-0.3, -0.25) is 9.69 Å². The lowest BCUT2D eigenvalue weighted by molar-refractivity contribution is -0.130. The van der Waals surface area contributed by atoms with Gasteiger partial charge in [0.05, 0.1) is 5.75 Å². The highest BCUT2D eigenvalue weighted by atomic mass is 35.5. The van der Waals surface area contributed by atoms with Gasteiger partial charge in [0, 0.05) is 48.9 Å². The normalized spacial score (nSPS) is 14.7. The Balaban J connectivity index is 1.25. The van der Waals surface area contributed by atoms with Gasteiger partial charge in [0.2, 0.25) is 11.8 Å². The Bertz CT molecular complexity index is 1040. The molecule has 1 fully saturated rings. The van der Waals surface area contributed by atoms with Crippen molar-refractivity contribution in [2.75, 3.05) is 31.9 Å². The van der Waals surface area contributed by atoms with Crippen molar-refractivity contribution in [2.24, 2.45) is 0 Å². The summed E-state index contributed by atoms with van der Waals surface area (Å²) in [6.45, 7) is 2.79. The van der Waals surface area contributed by atoms with Gasteiger partial charge in [0.1, 0.15) is 11.6 Å². The molecule has 3 aromatic rings. The fourth-order valence-electron chi connectivity index (χ4n) is 3.25. The second-order valence-electron chi connectivity index (χ2n) is 7.03. The Morgan fingerprint density at radius 1 is 1.06 bits per heavy atom. The molecule has 2 heterocycles. The average molecular weight is 465 g/mol. The lowest BCUT2D eigenvalue weighted by Crippen LogP contribution is -2.48. The molecule has 0 saturated carbocycles. The molecule has 0 atom stereocenters. The summed E-state index contributed by atoms with van der Waals surface area (Å²) < 4.78 is 32.6. The molecule has 0 spiro atoms. The van der Waals surface area contributed by atoms with Crippen molar-refractivity contribution in [2.45, 2.75) is 11.8 Å². The van der Waals surface area contributed by atoms with Crippen LogP contribution in [0.15, 0.2) is 52.1 Å². The largest absolute Gasteiger partial charge is 0.411 e. The number of hydrogen-bond acceptors (Lipinski definition) is 6. The van der Waals surface area contributed by atoms with Crippen LogP contribution in [0.4, 0.5) is 8.78 Å². The zero-order valence-corrected chi connectivity index (χ0v) is 18.0. The van der Waals surface area contributed by atoms with Crippen LogP contribution >= 0.6 is 23.4 Å². The monoisotopic (exact) mass is 464 g/mol. The molecule has 0 radical (unpaired) electrons. The van der Waals surface area contributed by atoms with E-state index >= 15 is 0 Å². The average Bonchev–Trinajstić information content (AvgIpc) is 3.25. The number of piperazine rings is 1. The van der Waals surface area contributed by atoms with Crippen LogP contribution in [0.1, 0.15) is 5.56 Å². The number of aromatic nitrogens is 2. The minimum Gasteiger partial charge on any atom is -0.411 e. The van der Waals surface area contributed by atoms with Crippen LogP contribution in [0.2, 0.25) is 5.02 Å². The van der Waals surface area contributed by atoms with Gasteiger partial charge in [0.15, 0.2) is 0 Å². The summed E-state index contributed by atoms with van der Waals surface area (Å²) in [5.41, 5.74) is 1.09. The minimum atomic E-state index is -0.347. The van der Waals surface area contributed by atoms with E-state index in [1.165, 1.54) is 18.2 Å². The number of hydrogen-bond donors (Lipinski definition) is 0. The predicted molar refractivity (Wildman–Crippen MR) is 114 cm³/mol. The summed E-state index contributed by atoms with van der Waals surface area (Å²) in [6.07, 6.45) is 0. The van der Waals surface area contributed by atoms with E-state index in [0.717, 1.165) is 11.8 Å². The van der Waals surface area contributed by atoms with Gasteiger partial charge >= 0.3 is 0 Å². The number of halogens is 3. The molecule has 31 heavy (non-hydrogen) atoms. The summed E-state index contributed by atoms with van der Waals surface area (Å²) in [6, 6.07) is 10.4. The highest BCUT2D eigenvalue weighted by molar-refractivity contribution is 7.99. The van der Waals surface area contributed by atoms with Gasteiger partial charge in [-0.1, -0.05) is 29.4 Å². The Kier molecular flexibility index (Phi) is 6.84. The highest BCUT2D eigenvalue weighted by Crippen LogP contribution is 2.24. The molecule has 4 rings (SSSR count).